The van der Waals surface area contributed by atoms with Crippen LogP contribution in [0.25, 0.3) is 11.1 Å². The van der Waals surface area contributed by atoms with Gasteiger partial charge >= 0.3 is 6.18 Å². The van der Waals surface area contributed by atoms with Crippen molar-refractivity contribution in [1.82, 2.24) is 4.98 Å². The number of hydrogen-bond donors (Lipinski definition) is 0. The van der Waals surface area contributed by atoms with Crippen molar-refractivity contribution in [3.63, 3.8) is 0 Å². The second-order valence-corrected chi connectivity index (χ2v) is 4.39. The maximum atomic E-state index is 13.1. The van der Waals surface area contributed by atoms with Crippen molar-refractivity contribution in [2.24, 2.45) is 0 Å². The summed E-state index contributed by atoms with van der Waals surface area (Å²) in [5, 5.41) is 0.156. The van der Waals surface area contributed by atoms with Crippen LogP contribution in [0.15, 0.2) is 36.4 Å². The van der Waals surface area contributed by atoms with Crippen molar-refractivity contribution in [3.05, 3.63) is 53.6 Å². The number of aromatic nitrogens is 1. The Morgan fingerprint density at radius 2 is 1.84 bits per heavy atom. The average Bonchev–Trinajstić information content (AvgIpc) is 2.37. The molecular formula is C13H8BrF4N. The van der Waals surface area contributed by atoms with Crippen LogP contribution < -0.4 is 0 Å². The molecule has 0 amide bonds. The molecule has 0 atom stereocenters. The molecule has 2 aromatic rings. The SMILES string of the molecule is Fc1cccc(-c2ccc(C(F)(F)F)nc2CBr)c1. The van der Waals surface area contributed by atoms with Gasteiger partial charge in [-0.05, 0) is 23.8 Å². The molecule has 1 aromatic carbocycles. The van der Waals surface area contributed by atoms with Gasteiger partial charge in [0.25, 0.3) is 0 Å². The molecule has 0 radical (unpaired) electrons. The summed E-state index contributed by atoms with van der Waals surface area (Å²) in [4.78, 5) is 3.57. The van der Waals surface area contributed by atoms with Crippen molar-refractivity contribution in [2.45, 2.75) is 11.5 Å². The minimum atomic E-state index is -4.49. The lowest BCUT2D eigenvalue weighted by Gasteiger charge is -2.11. The van der Waals surface area contributed by atoms with Gasteiger partial charge < -0.3 is 0 Å². The molecule has 1 heterocycles. The minimum absolute atomic E-state index is 0.156. The van der Waals surface area contributed by atoms with Crippen LogP contribution in [0.4, 0.5) is 17.6 Å². The molecule has 19 heavy (non-hydrogen) atoms. The summed E-state index contributed by atoms with van der Waals surface area (Å²) in [7, 11) is 0. The van der Waals surface area contributed by atoms with Crippen molar-refractivity contribution in [3.8, 4) is 11.1 Å². The van der Waals surface area contributed by atoms with E-state index in [0.717, 1.165) is 6.07 Å². The molecular weight excluding hydrogens is 326 g/mol. The zero-order valence-electron chi connectivity index (χ0n) is 9.51. The van der Waals surface area contributed by atoms with Gasteiger partial charge in [0.2, 0.25) is 0 Å². The van der Waals surface area contributed by atoms with Gasteiger partial charge in [0.1, 0.15) is 11.5 Å². The van der Waals surface area contributed by atoms with E-state index in [4.69, 9.17) is 0 Å². The van der Waals surface area contributed by atoms with E-state index < -0.39 is 17.7 Å². The monoisotopic (exact) mass is 333 g/mol. The molecule has 0 spiro atoms. The largest absolute Gasteiger partial charge is 0.433 e. The summed E-state index contributed by atoms with van der Waals surface area (Å²) in [5.74, 6) is -0.446. The van der Waals surface area contributed by atoms with E-state index in [1.165, 1.54) is 24.3 Å². The van der Waals surface area contributed by atoms with Crippen LogP contribution in [-0.4, -0.2) is 4.98 Å². The third-order valence-electron chi connectivity index (χ3n) is 2.53. The quantitative estimate of drug-likeness (QED) is 0.568. The highest BCUT2D eigenvalue weighted by atomic mass is 79.9. The highest BCUT2D eigenvalue weighted by Gasteiger charge is 2.32. The van der Waals surface area contributed by atoms with E-state index in [9.17, 15) is 17.6 Å². The summed E-state index contributed by atoms with van der Waals surface area (Å²) in [6.07, 6.45) is -4.49. The van der Waals surface area contributed by atoms with E-state index in [0.29, 0.717) is 11.1 Å². The number of nitrogens with zero attached hydrogens (tertiary/aromatic N) is 1. The van der Waals surface area contributed by atoms with Gasteiger partial charge in [-0.15, -0.1) is 0 Å². The Kier molecular flexibility index (Phi) is 3.89. The Bertz CT molecular complexity index is 595. The molecule has 0 unspecified atom stereocenters. The number of pyridine rings is 1. The van der Waals surface area contributed by atoms with Crippen LogP contribution in [0.5, 0.6) is 0 Å². The standard InChI is InChI=1S/C13H8BrF4N/c14-7-11-10(8-2-1-3-9(15)6-8)4-5-12(19-11)13(16,17)18/h1-6H,7H2. The number of hydrogen-bond acceptors (Lipinski definition) is 1. The molecule has 100 valence electrons. The Morgan fingerprint density at radius 3 is 2.42 bits per heavy atom. The van der Waals surface area contributed by atoms with Crippen LogP contribution in [-0.2, 0) is 11.5 Å². The second kappa shape index (κ2) is 5.28. The lowest BCUT2D eigenvalue weighted by molar-refractivity contribution is -0.141. The van der Waals surface area contributed by atoms with Gasteiger partial charge in [-0.25, -0.2) is 9.37 Å². The van der Waals surface area contributed by atoms with Gasteiger partial charge in [-0.2, -0.15) is 13.2 Å². The molecule has 0 fully saturated rings. The van der Waals surface area contributed by atoms with Crippen molar-refractivity contribution < 1.29 is 17.6 Å². The second-order valence-electron chi connectivity index (χ2n) is 3.83. The zero-order valence-corrected chi connectivity index (χ0v) is 11.1. The molecule has 0 aliphatic rings. The topological polar surface area (TPSA) is 12.9 Å². The minimum Gasteiger partial charge on any atom is -0.247 e. The van der Waals surface area contributed by atoms with Crippen LogP contribution >= 0.6 is 15.9 Å². The van der Waals surface area contributed by atoms with E-state index >= 15 is 0 Å². The highest BCUT2D eigenvalue weighted by molar-refractivity contribution is 9.08. The first kappa shape index (κ1) is 14.0. The first-order valence-electron chi connectivity index (χ1n) is 5.31. The van der Waals surface area contributed by atoms with E-state index in [1.807, 2.05) is 0 Å². The van der Waals surface area contributed by atoms with E-state index in [-0.39, 0.29) is 11.0 Å². The average molecular weight is 334 g/mol. The van der Waals surface area contributed by atoms with Crippen molar-refractivity contribution in [1.29, 1.82) is 0 Å². The Balaban J connectivity index is 2.53. The first-order chi connectivity index (χ1) is 8.91. The van der Waals surface area contributed by atoms with Crippen LogP contribution in [0, 0.1) is 5.82 Å². The third-order valence-corrected chi connectivity index (χ3v) is 3.06. The Labute approximate surface area is 115 Å². The van der Waals surface area contributed by atoms with E-state index in [2.05, 4.69) is 20.9 Å². The number of alkyl halides is 4. The fourth-order valence-corrected chi connectivity index (χ4v) is 2.11. The van der Waals surface area contributed by atoms with Crippen LogP contribution in [0.1, 0.15) is 11.4 Å². The summed E-state index contributed by atoms with van der Waals surface area (Å²) in [6, 6.07) is 7.86. The molecule has 1 aromatic heterocycles. The lowest BCUT2D eigenvalue weighted by atomic mass is 10.0. The molecule has 2 rings (SSSR count). The lowest BCUT2D eigenvalue weighted by Crippen LogP contribution is -2.09. The predicted octanol–water partition coefficient (Wildman–Crippen LogP) is 4.80. The predicted molar refractivity (Wildman–Crippen MR) is 67.3 cm³/mol. The fraction of sp³-hybridized carbons (Fsp3) is 0.154. The summed E-state index contributed by atoms with van der Waals surface area (Å²) in [6.45, 7) is 0. The first-order valence-corrected chi connectivity index (χ1v) is 6.43. The smallest absolute Gasteiger partial charge is 0.247 e. The van der Waals surface area contributed by atoms with Gasteiger partial charge in [-0.3, -0.25) is 0 Å². The molecule has 0 saturated carbocycles. The molecule has 0 aliphatic heterocycles. The van der Waals surface area contributed by atoms with Crippen LogP contribution in [0.2, 0.25) is 0 Å². The third kappa shape index (κ3) is 3.12. The molecule has 0 bridgehead atoms. The molecule has 0 aliphatic carbocycles. The van der Waals surface area contributed by atoms with Crippen molar-refractivity contribution in [2.75, 3.05) is 0 Å². The van der Waals surface area contributed by atoms with Gasteiger partial charge in [0.15, 0.2) is 0 Å². The maximum absolute atomic E-state index is 13.1. The fourth-order valence-electron chi connectivity index (χ4n) is 1.68. The molecule has 1 nitrogen and oxygen atoms in total. The normalized spacial score (nSPS) is 11.6. The van der Waals surface area contributed by atoms with Gasteiger partial charge in [0.05, 0.1) is 5.69 Å². The molecule has 6 heteroatoms. The summed E-state index contributed by atoms with van der Waals surface area (Å²) < 4.78 is 50.8. The number of rotatable bonds is 2. The molecule has 0 N–H and O–H groups in total. The summed E-state index contributed by atoms with van der Waals surface area (Å²) >= 11 is 3.10. The van der Waals surface area contributed by atoms with Gasteiger partial charge in [0, 0.05) is 10.9 Å². The van der Waals surface area contributed by atoms with Crippen molar-refractivity contribution >= 4 is 15.9 Å². The van der Waals surface area contributed by atoms with E-state index in [1.54, 1.807) is 6.07 Å². The Hall–Kier alpha value is -1.43. The Morgan fingerprint density at radius 1 is 1.11 bits per heavy atom. The highest BCUT2D eigenvalue weighted by Crippen LogP contribution is 2.31. The maximum Gasteiger partial charge on any atom is 0.433 e. The number of benzene rings is 1. The van der Waals surface area contributed by atoms with Gasteiger partial charge in [-0.1, -0.05) is 34.1 Å². The molecule has 0 saturated heterocycles. The number of halogens is 5. The zero-order chi connectivity index (χ0) is 14.0. The van der Waals surface area contributed by atoms with Crippen LogP contribution in [0.3, 0.4) is 0 Å². The summed E-state index contributed by atoms with van der Waals surface area (Å²) in [5.41, 5.74) is 0.238.